The smallest absolute Gasteiger partial charge is 0.414 e. The van der Waals surface area contributed by atoms with Crippen molar-refractivity contribution < 1.29 is 28.2 Å². The van der Waals surface area contributed by atoms with Crippen molar-refractivity contribution in [2.24, 2.45) is 5.92 Å². The molecule has 1 N–H and O–H groups in total. The number of aryl methyl sites for hydroxylation is 1. The number of cyclic esters (lactones) is 1. The first-order chi connectivity index (χ1) is 18.8. The van der Waals surface area contributed by atoms with Crippen molar-refractivity contribution in [3.05, 3.63) is 59.4 Å². The highest BCUT2D eigenvalue weighted by Gasteiger charge is 2.34. The molecule has 2 aromatic rings. The van der Waals surface area contributed by atoms with Crippen LogP contribution in [0.25, 0.3) is 0 Å². The second kappa shape index (κ2) is 11.6. The summed E-state index contributed by atoms with van der Waals surface area (Å²) in [7, 11) is 0. The van der Waals surface area contributed by atoms with E-state index in [-0.39, 0.29) is 18.6 Å². The number of amides is 2. The number of halogens is 1. The first-order valence-electron chi connectivity index (χ1n) is 13.1. The SMILES string of the molecule is Cc1ccc(C(=O)OCC(=O)N2CCN(c3ccc(N4C[C@H](CNC(=S)C5CC5)OC4=O)cc3F)CC2)cc1. The summed E-state index contributed by atoms with van der Waals surface area (Å²) in [6.07, 6.45) is 1.33. The molecule has 206 valence electrons. The van der Waals surface area contributed by atoms with Crippen LogP contribution in [-0.4, -0.2) is 79.8 Å². The van der Waals surface area contributed by atoms with E-state index >= 15 is 4.39 Å². The molecule has 3 fully saturated rings. The van der Waals surface area contributed by atoms with Crippen LogP contribution < -0.4 is 15.1 Å². The number of nitrogens with zero attached hydrogens (tertiary/aromatic N) is 3. The highest BCUT2D eigenvalue weighted by Crippen LogP contribution is 2.30. The number of hydrogen-bond donors (Lipinski definition) is 1. The number of benzene rings is 2. The average Bonchev–Trinajstić information content (AvgIpc) is 3.73. The van der Waals surface area contributed by atoms with Gasteiger partial charge in [-0.25, -0.2) is 14.0 Å². The third kappa shape index (κ3) is 6.47. The van der Waals surface area contributed by atoms with Crippen LogP contribution in [0.1, 0.15) is 28.8 Å². The topological polar surface area (TPSA) is 91.4 Å². The molecule has 0 spiro atoms. The van der Waals surface area contributed by atoms with Crippen LogP contribution in [0.4, 0.5) is 20.6 Å². The summed E-state index contributed by atoms with van der Waals surface area (Å²) in [4.78, 5) is 42.8. The zero-order valence-corrected chi connectivity index (χ0v) is 22.5. The molecule has 2 aromatic carbocycles. The number of thiocarbonyl (C=S) groups is 1. The van der Waals surface area contributed by atoms with Gasteiger partial charge in [-0.2, -0.15) is 0 Å². The van der Waals surface area contributed by atoms with E-state index in [1.165, 1.54) is 11.0 Å². The van der Waals surface area contributed by atoms with Gasteiger partial charge in [0.1, 0.15) is 11.9 Å². The molecule has 1 saturated carbocycles. The van der Waals surface area contributed by atoms with E-state index in [4.69, 9.17) is 21.7 Å². The van der Waals surface area contributed by atoms with Crippen LogP contribution in [0.3, 0.4) is 0 Å². The van der Waals surface area contributed by atoms with E-state index < -0.39 is 17.9 Å². The third-order valence-electron chi connectivity index (χ3n) is 7.16. The Hall–Kier alpha value is -3.73. The summed E-state index contributed by atoms with van der Waals surface area (Å²) in [6.45, 7) is 3.92. The summed E-state index contributed by atoms with van der Waals surface area (Å²) < 4.78 is 25.7. The molecule has 0 aromatic heterocycles. The first-order valence-corrected chi connectivity index (χ1v) is 13.5. The molecule has 0 unspecified atom stereocenters. The molecule has 5 rings (SSSR count). The molecule has 1 atom stereocenters. The van der Waals surface area contributed by atoms with Gasteiger partial charge >= 0.3 is 12.1 Å². The molecule has 0 bridgehead atoms. The maximum Gasteiger partial charge on any atom is 0.414 e. The second-order valence-electron chi connectivity index (χ2n) is 10.1. The number of esters is 1. The van der Waals surface area contributed by atoms with E-state index in [0.717, 1.165) is 23.4 Å². The minimum absolute atomic E-state index is 0.291. The van der Waals surface area contributed by atoms with Gasteiger partial charge in [-0.3, -0.25) is 9.69 Å². The molecule has 9 nitrogen and oxygen atoms in total. The molecule has 1 aliphatic carbocycles. The van der Waals surface area contributed by atoms with Gasteiger partial charge in [-0.1, -0.05) is 29.9 Å². The fraction of sp³-hybridized carbons (Fsp3) is 0.429. The van der Waals surface area contributed by atoms with Crippen molar-refractivity contribution in [1.82, 2.24) is 10.2 Å². The molecule has 2 saturated heterocycles. The molecular formula is C28H31FN4O5S. The van der Waals surface area contributed by atoms with E-state index in [9.17, 15) is 14.4 Å². The fourth-order valence-electron chi connectivity index (χ4n) is 4.65. The minimum atomic E-state index is -0.546. The second-order valence-corrected chi connectivity index (χ2v) is 10.5. The predicted molar refractivity (Wildman–Crippen MR) is 148 cm³/mol. The normalized spacial score (nSPS) is 19.1. The van der Waals surface area contributed by atoms with Gasteiger partial charge in [0.2, 0.25) is 0 Å². The summed E-state index contributed by atoms with van der Waals surface area (Å²) in [5.74, 6) is -0.851. The predicted octanol–water partition coefficient (Wildman–Crippen LogP) is 3.29. The molecule has 11 heteroatoms. The Morgan fingerprint density at radius 2 is 1.82 bits per heavy atom. The van der Waals surface area contributed by atoms with Gasteiger partial charge in [0.05, 0.1) is 35.0 Å². The average molecular weight is 555 g/mol. The van der Waals surface area contributed by atoms with E-state index in [1.807, 2.05) is 11.8 Å². The number of ether oxygens (including phenoxy) is 2. The van der Waals surface area contributed by atoms with Crippen LogP contribution in [0.5, 0.6) is 0 Å². The molecule has 2 heterocycles. The maximum atomic E-state index is 15.1. The Bertz CT molecular complexity index is 1260. The summed E-state index contributed by atoms with van der Waals surface area (Å²) in [6, 6.07) is 11.6. The van der Waals surface area contributed by atoms with Gasteiger partial charge in [0.15, 0.2) is 6.61 Å². The molecule has 3 aliphatic rings. The van der Waals surface area contributed by atoms with E-state index in [0.29, 0.717) is 62.1 Å². The van der Waals surface area contributed by atoms with Crippen LogP contribution in [0.2, 0.25) is 0 Å². The number of rotatable bonds is 8. The Morgan fingerprint density at radius 3 is 2.49 bits per heavy atom. The van der Waals surface area contributed by atoms with Gasteiger partial charge in [-0.15, -0.1) is 0 Å². The molecular weight excluding hydrogens is 523 g/mol. The Morgan fingerprint density at radius 1 is 1.10 bits per heavy atom. The minimum Gasteiger partial charge on any atom is -0.452 e. The van der Waals surface area contributed by atoms with Gasteiger partial charge < -0.3 is 24.6 Å². The van der Waals surface area contributed by atoms with Crippen molar-refractivity contribution >= 4 is 46.6 Å². The zero-order chi connectivity index (χ0) is 27.5. The van der Waals surface area contributed by atoms with Crippen LogP contribution in [0, 0.1) is 18.7 Å². The van der Waals surface area contributed by atoms with E-state index in [1.54, 1.807) is 41.3 Å². The Kier molecular flexibility index (Phi) is 7.97. The Labute approximate surface area is 231 Å². The van der Waals surface area contributed by atoms with Crippen molar-refractivity contribution in [3.8, 4) is 0 Å². The van der Waals surface area contributed by atoms with Gasteiger partial charge in [0, 0.05) is 32.1 Å². The molecule has 39 heavy (non-hydrogen) atoms. The van der Waals surface area contributed by atoms with Crippen LogP contribution in [-0.2, 0) is 14.3 Å². The number of carbonyl (C=O) groups is 3. The van der Waals surface area contributed by atoms with Crippen LogP contribution >= 0.6 is 12.2 Å². The van der Waals surface area contributed by atoms with Gasteiger partial charge in [-0.05, 0) is 50.1 Å². The molecule has 2 aliphatic heterocycles. The fourth-order valence-corrected chi connectivity index (χ4v) is 4.97. The zero-order valence-electron chi connectivity index (χ0n) is 21.7. The monoisotopic (exact) mass is 554 g/mol. The maximum absolute atomic E-state index is 15.1. The van der Waals surface area contributed by atoms with E-state index in [2.05, 4.69) is 5.32 Å². The molecule has 0 radical (unpaired) electrons. The van der Waals surface area contributed by atoms with Crippen LogP contribution in [0.15, 0.2) is 42.5 Å². The highest BCUT2D eigenvalue weighted by molar-refractivity contribution is 7.80. The van der Waals surface area contributed by atoms with Crippen molar-refractivity contribution in [2.45, 2.75) is 25.9 Å². The number of hydrogen-bond acceptors (Lipinski definition) is 7. The standard InChI is InChI=1S/C28H31FN4O5S/c1-18-2-4-20(5-3-18)27(35)37-17-25(34)32-12-10-31(11-13-32)24-9-8-21(14-23(24)29)33-16-22(38-28(33)36)15-30-26(39)19-6-7-19/h2-5,8-9,14,19,22H,6-7,10-13,15-17H2,1H3,(H,30,39)/t22-/m0/s1. The number of anilines is 2. The number of nitrogens with one attached hydrogen (secondary N) is 1. The van der Waals surface area contributed by atoms with Gasteiger partial charge in [0.25, 0.3) is 5.91 Å². The quantitative estimate of drug-likeness (QED) is 0.393. The van der Waals surface area contributed by atoms with Crippen molar-refractivity contribution in [2.75, 3.05) is 55.7 Å². The lowest BCUT2D eigenvalue weighted by Gasteiger charge is -2.36. The van der Waals surface area contributed by atoms with Crippen molar-refractivity contribution in [1.29, 1.82) is 0 Å². The summed E-state index contributed by atoms with van der Waals surface area (Å²) in [5, 5.41) is 3.17. The lowest BCUT2D eigenvalue weighted by atomic mass is 10.1. The first kappa shape index (κ1) is 26.9. The molecule has 2 amide bonds. The largest absolute Gasteiger partial charge is 0.452 e. The lowest BCUT2D eigenvalue weighted by molar-refractivity contribution is -0.134. The Balaban J connectivity index is 1.10. The number of carbonyl (C=O) groups excluding carboxylic acids is 3. The number of piperazine rings is 1. The lowest BCUT2D eigenvalue weighted by Crippen LogP contribution is -2.50. The van der Waals surface area contributed by atoms with Crippen molar-refractivity contribution in [3.63, 3.8) is 0 Å². The summed E-state index contributed by atoms with van der Waals surface area (Å²) in [5.41, 5.74) is 2.25. The third-order valence-corrected chi connectivity index (χ3v) is 7.63. The summed E-state index contributed by atoms with van der Waals surface area (Å²) >= 11 is 5.33. The highest BCUT2D eigenvalue weighted by atomic mass is 32.1.